The number of aliphatic hydroxyl groups is 1. The van der Waals surface area contributed by atoms with E-state index in [4.69, 9.17) is 9.47 Å². The number of esters is 1. The third-order valence-corrected chi connectivity index (χ3v) is 5.99. The van der Waals surface area contributed by atoms with Crippen molar-refractivity contribution in [2.24, 2.45) is 11.8 Å². The molecule has 0 unspecified atom stereocenters. The van der Waals surface area contributed by atoms with E-state index in [-0.39, 0.29) is 30.4 Å². The van der Waals surface area contributed by atoms with Crippen LogP contribution < -0.4 is 0 Å². The van der Waals surface area contributed by atoms with E-state index < -0.39 is 42.1 Å². The molecule has 1 fully saturated rings. The molecule has 11 heteroatoms. The molecule has 2 aromatic rings. The summed E-state index contributed by atoms with van der Waals surface area (Å²) in [5.74, 6) is -1.43. The van der Waals surface area contributed by atoms with E-state index in [1.54, 1.807) is 37.8 Å². The van der Waals surface area contributed by atoms with E-state index in [2.05, 4.69) is 10.3 Å². The smallest absolute Gasteiger partial charge is 0.410 e. The molecule has 2 heterocycles. The van der Waals surface area contributed by atoms with E-state index in [1.165, 1.54) is 16.7 Å². The van der Waals surface area contributed by atoms with Gasteiger partial charge in [-0.2, -0.15) is 0 Å². The Morgan fingerprint density at radius 2 is 1.84 bits per heavy atom. The first kappa shape index (κ1) is 28.1. The molecule has 11 nitrogen and oxygen atoms in total. The number of nitrogens with zero attached hydrogens (tertiary/aromatic N) is 5. The van der Waals surface area contributed by atoms with Gasteiger partial charge in [0.2, 0.25) is 0 Å². The Labute approximate surface area is 217 Å². The molecule has 1 N–H and O–H groups in total. The molecule has 0 radical (unpaired) electrons. The van der Waals surface area contributed by atoms with Crippen LogP contribution in [0.25, 0.3) is 5.69 Å². The van der Waals surface area contributed by atoms with Gasteiger partial charge in [-0.1, -0.05) is 37.3 Å². The van der Waals surface area contributed by atoms with Gasteiger partial charge in [0.1, 0.15) is 11.3 Å². The maximum absolute atomic E-state index is 13.9. The predicted octanol–water partition coefficient (Wildman–Crippen LogP) is 2.66. The highest BCUT2D eigenvalue weighted by Gasteiger charge is 2.41. The van der Waals surface area contributed by atoms with E-state index in [0.29, 0.717) is 18.7 Å². The SMILES string of the molecule is COC(=O)[C@@H]1C[C@H](N(CC(C)C)C(=O)c2nnn(-c3ccccc3)c2CO)CN(C(=O)OC(C)(C)C)C1. The molecule has 37 heavy (non-hydrogen) atoms. The molecule has 2 amide bonds. The number of carbonyl (C=O) groups excluding carboxylic acids is 3. The van der Waals surface area contributed by atoms with Crippen LogP contribution in [0.1, 0.15) is 57.2 Å². The highest BCUT2D eigenvalue weighted by molar-refractivity contribution is 5.93. The lowest BCUT2D eigenvalue weighted by molar-refractivity contribution is -0.148. The van der Waals surface area contributed by atoms with Crippen LogP contribution in [0.2, 0.25) is 0 Å². The highest BCUT2D eigenvalue weighted by atomic mass is 16.6. The Morgan fingerprint density at radius 3 is 2.41 bits per heavy atom. The van der Waals surface area contributed by atoms with Gasteiger partial charge in [-0.3, -0.25) is 9.59 Å². The molecule has 0 bridgehead atoms. The van der Waals surface area contributed by atoms with Crippen LogP contribution in [0.3, 0.4) is 0 Å². The molecule has 2 atom stereocenters. The number of hydrogen-bond acceptors (Lipinski definition) is 8. The number of rotatable bonds is 7. The summed E-state index contributed by atoms with van der Waals surface area (Å²) < 4.78 is 12.0. The first-order valence-electron chi connectivity index (χ1n) is 12.4. The quantitative estimate of drug-likeness (QED) is 0.558. The summed E-state index contributed by atoms with van der Waals surface area (Å²) in [4.78, 5) is 42.5. The minimum absolute atomic E-state index is 0.0241. The fraction of sp³-hybridized carbons (Fsp3) is 0.577. The summed E-state index contributed by atoms with van der Waals surface area (Å²) in [6, 6.07) is 8.60. The lowest BCUT2D eigenvalue weighted by atomic mass is 9.92. The van der Waals surface area contributed by atoms with Crippen LogP contribution in [0.5, 0.6) is 0 Å². The maximum atomic E-state index is 13.9. The Hall–Kier alpha value is -3.47. The monoisotopic (exact) mass is 515 g/mol. The zero-order valence-electron chi connectivity index (χ0n) is 22.4. The fourth-order valence-electron chi connectivity index (χ4n) is 4.42. The number of carbonyl (C=O) groups is 3. The van der Waals surface area contributed by atoms with Crippen molar-refractivity contribution in [1.82, 2.24) is 24.8 Å². The topological polar surface area (TPSA) is 127 Å². The van der Waals surface area contributed by atoms with Crippen molar-refractivity contribution in [2.45, 2.75) is 59.3 Å². The van der Waals surface area contributed by atoms with Crippen LogP contribution in [0.15, 0.2) is 30.3 Å². The van der Waals surface area contributed by atoms with Crippen molar-refractivity contribution >= 4 is 18.0 Å². The van der Waals surface area contributed by atoms with Crippen LogP contribution in [0.4, 0.5) is 4.79 Å². The second-order valence-electron chi connectivity index (χ2n) is 10.6. The standard InChI is InChI=1S/C26H37N5O6/c1-17(2)13-30(23(33)22-21(16-32)31(28-27-22)19-10-8-7-9-11-19)20-12-18(24(34)36-6)14-29(15-20)25(35)37-26(3,4)5/h7-11,17-18,20,32H,12-16H2,1-6H3/t18-,20+/m1/s1. The number of para-hydroxylation sites is 1. The first-order valence-corrected chi connectivity index (χ1v) is 12.4. The third-order valence-electron chi connectivity index (χ3n) is 5.99. The van der Waals surface area contributed by atoms with Crippen molar-refractivity contribution in [3.8, 4) is 5.69 Å². The summed E-state index contributed by atoms with van der Waals surface area (Å²) in [5.41, 5.74) is 0.225. The third kappa shape index (κ3) is 6.85. The number of likely N-dealkylation sites (tertiary alicyclic amines) is 1. The fourth-order valence-corrected chi connectivity index (χ4v) is 4.42. The Morgan fingerprint density at radius 1 is 1.16 bits per heavy atom. The summed E-state index contributed by atoms with van der Waals surface area (Å²) in [5, 5.41) is 18.4. The van der Waals surface area contributed by atoms with Crippen LogP contribution >= 0.6 is 0 Å². The molecule has 0 saturated carbocycles. The molecule has 0 spiro atoms. The van der Waals surface area contributed by atoms with Gasteiger partial charge in [-0.15, -0.1) is 5.10 Å². The van der Waals surface area contributed by atoms with Crippen LogP contribution in [0, 0.1) is 11.8 Å². The van der Waals surface area contributed by atoms with Gasteiger partial charge in [-0.25, -0.2) is 9.48 Å². The van der Waals surface area contributed by atoms with Gasteiger partial charge in [-0.05, 0) is 45.2 Å². The number of benzene rings is 1. The molecule has 1 aliphatic heterocycles. The molecule has 0 aliphatic carbocycles. The Balaban J connectivity index is 1.97. The van der Waals surface area contributed by atoms with Gasteiger partial charge in [0.15, 0.2) is 5.69 Å². The van der Waals surface area contributed by atoms with Crippen molar-refractivity contribution in [2.75, 3.05) is 26.7 Å². The molecule has 1 saturated heterocycles. The minimum atomic E-state index is -0.718. The first-order chi connectivity index (χ1) is 17.4. The van der Waals surface area contributed by atoms with Gasteiger partial charge < -0.3 is 24.4 Å². The molecule has 1 aromatic carbocycles. The number of amides is 2. The number of aliphatic hydroxyl groups excluding tert-OH is 1. The second-order valence-corrected chi connectivity index (χ2v) is 10.6. The van der Waals surface area contributed by atoms with E-state index >= 15 is 0 Å². The molecule has 3 rings (SSSR count). The zero-order chi connectivity index (χ0) is 27.3. The molecule has 1 aromatic heterocycles. The van der Waals surface area contributed by atoms with Crippen molar-refractivity contribution in [3.05, 3.63) is 41.7 Å². The number of hydrogen-bond donors (Lipinski definition) is 1. The van der Waals surface area contributed by atoms with Crippen molar-refractivity contribution in [1.29, 1.82) is 0 Å². The van der Waals surface area contributed by atoms with Crippen molar-refractivity contribution in [3.63, 3.8) is 0 Å². The maximum Gasteiger partial charge on any atom is 0.410 e. The Kier molecular flexibility index (Phi) is 8.90. The van der Waals surface area contributed by atoms with Crippen molar-refractivity contribution < 1.29 is 29.0 Å². The number of aromatic nitrogens is 3. The average molecular weight is 516 g/mol. The number of methoxy groups -OCH3 is 1. The number of piperidine rings is 1. The van der Waals surface area contributed by atoms with E-state index in [9.17, 15) is 19.5 Å². The summed E-state index contributed by atoms with van der Waals surface area (Å²) in [7, 11) is 1.30. The largest absolute Gasteiger partial charge is 0.469 e. The summed E-state index contributed by atoms with van der Waals surface area (Å²) in [6.07, 6.45) is -0.250. The highest BCUT2D eigenvalue weighted by Crippen LogP contribution is 2.27. The van der Waals surface area contributed by atoms with E-state index in [1.807, 2.05) is 32.0 Å². The molecule has 202 valence electrons. The summed E-state index contributed by atoms with van der Waals surface area (Å²) in [6.45, 7) is 9.47. The van der Waals surface area contributed by atoms with Gasteiger partial charge in [0.05, 0.1) is 31.4 Å². The van der Waals surface area contributed by atoms with Crippen LogP contribution in [-0.4, -0.2) is 86.3 Å². The Bertz CT molecular complexity index is 1090. The minimum Gasteiger partial charge on any atom is -0.469 e. The van der Waals surface area contributed by atoms with Gasteiger partial charge in [0.25, 0.3) is 5.91 Å². The van der Waals surface area contributed by atoms with Crippen LogP contribution in [-0.2, 0) is 20.9 Å². The average Bonchev–Trinajstić information content (AvgIpc) is 3.29. The van der Waals surface area contributed by atoms with E-state index in [0.717, 1.165) is 0 Å². The van der Waals surface area contributed by atoms with Gasteiger partial charge >= 0.3 is 12.1 Å². The van der Waals surface area contributed by atoms with Gasteiger partial charge in [0, 0.05) is 19.6 Å². The lowest BCUT2D eigenvalue weighted by Gasteiger charge is -2.42. The molecular weight excluding hydrogens is 478 g/mol. The number of ether oxygens (including phenoxy) is 2. The zero-order valence-corrected chi connectivity index (χ0v) is 22.4. The predicted molar refractivity (Wildman–Crippen MR) is 135 cm³/mol. The second kappa shape index (κ2) is 11.7. The summed E-state index contributed by atoms with van der Waals surface area (Å²) >= 11 is 0. The lowest BCUT2D eigenvalue weighted by Crippen LogP contribution is -2.57. The molecule has 1 aliphatic rings. The normalized spacial score (nSPS) is 18.0. The molecular formula is C26H37N5O6.